The summed E-state index contributed by atoms with van der Waals surface area (Å²) in [6, 6.07) is 19.6. The van der Waals surface area contributed by atoms with E-state index in [1.165, 1.54) is 0 Å². The van der Waals surface area contributed by atoms with Crippen LogP contribution < -0.4 is 9.64 Å². The fraction of sp³-hybridized carbons (Fsp3) is 0.229. The zero-order chi connectivity index (χ0) is 31.4. The highest BCUT2D eigenvalue weighted by molar-refractivity contribution is 6.31. The summed E-state index contributed by atoms with van der Waals surface area (Å²) in [4.78, 5) is 32.2. The first-order valence-corrected chi connectivity index (χ1v) is 15.2. The lowest BCUT2D eigenvalue weighted by atomic mass is 9.96. The van der Waals surface area contributed by atoms with Gasteiger partial charge in [-0.05, 0) is 73.5 Å². The van der Waals surface area contributed by atoms with Gasteiger partial charge in [0.05, 0.1) is 29.7 Å². The molecule has 3 aliphatic heterocycles. The van der Waals surface area contributed by atoms with Crippen molar-refractivity contribution in [2.45, 2.75) is 26.3 Å². The van der Waals surface area contributed by atoms with Crippen LogP contribution in [-0.2, 0) is 33.5 Å². The molecule has 0 spiro atoms. The van der Waals surface area contributed by atoms with Crippen molar-refractivity contribution in [3.8, 4) is 22.8 Å². The molecule has 0 atom stereocenters. The largest absolute Gasteiger partial charge is 0.508 e. The monoisotopic (exact) mass is 621 g/mol. The van der Waals surface area contributed by atoms with Crippen molar-refractivity contribution in [1.29, 1.82) is 0 Å². The molecule has 10 heteroatoms. The number of aromatic hydroxyl groups is 1. The molecule has 0 fully saturated rings. The summed E-state index contributed by atoms with van der Waals surface area (Å²) in [5.41, 5.74) is 7.24. The van der Waals surface area contributed by atoms with Crippen LogP contribution in [0.2, 0.25) is 5.02 Å². The molecule has 228 valence electrons. The molecule has 8 rings (SSSR count). The van der Waals surface area contributed by atoms with Gasteiger partial charge in [-0.25, -0.2) is 0 Å². The van der Waals surface area contributed by atoms with Gasteiger partial charge in [0.15, 0.2) is 0 Å². The topological polar surface area (TPSA) is 92.8 Å². The Morgan fingerprint density at radius 2 is 1.71 bits per heavy atom. The second kappa shape index (κ2) is 11.2. The summed E-state index contributed by atoms with van der Waals surface area (Å²) in [5.74, 6) is 0.520. The minimum Gasteiger partial charge on any atom is -0.508 e. The summed E-state index contributed by atoms with van der Waals surface area (Å²) in [6.07, 6.45) is 2.85. The zero-order valence-electron chi connectivity index (χ0n) is 25.2. The molecule has 9 nitrogen and oxygen atoms in total. The summed E-state index contributed by atoms with van der Waals surface area (Å²) in [6.45, 7) is 3.28. The molecule has 2 aromatic heterocycles. The molecular formula is C35H32ClN5O4. The molecule has 45 heavy (non-hydrogen) atoms. The first-order chi connectivity index (χ1) is 21.7. The maximum absolute atomic E-state index is 14.6. The van der Waals surface area contributed by atoms with Crippen LogP contribution in [-0.4, -0.2) is 49.3 Å². The number of ether oxygens (including phenoxy) is 1. The van der Waals surface area contributed by atoms with Crippen LogP contribution >= 0.6 is 11.6 Å². The number of hydrogen-bond acceptors (Lipinski definition) is 5. The van der Waals surface area contributed by atoms with Gasteiger partial charge in [-0.3, -0.25) is 19.2 Å². The Kier molecular flexibility index (Phi) is 7.13. The summed E-state index contributed by atoms with van der Waals surface area (Å²) >= 11 is 6.52. The van der Waals surface area contributed by atoms with Crippen molar-refractivity contribution in [2.24, 2.45) is 14.1 Å². The van der Waals surface area contributed by atoms with Crippen LogP contribution in [0.1, 0.15) is 43.2 Å². The lowest BCUT2D eigenvalue weighted by Gasteiger charge is -2.30. The van der Waals surface area contributed by atoms with Gasteiger partial charge in [0, 0.05) is 72.4 Å². The third-order valence-electron chi connectivity index (χ3n) is 8.95. The molecule has 0 aliphatic carbocycles. The molecule has 0 saturated heterocycles. The Bertz CT molecular complexity index is 1980. The van der Waals surface area contributed by atoms with E-state index in [0.717, 1.165) is 28.3 Å². The van der Waals surface area contributed by atoms with Crippen molar-refractivity contribution in [3.05, 3.63) is 112 Å². The number of halogens is 1. The van der Waals surface area contributed by atoms with Crippen LogP contribution in [0.25, 0.3) is 11.3 Å². The lowest BCUT2D eigenvalue weighted by molar-refractivity contribution is 0.0734. The Balaban J connectivity index is 1.45. The first-order valence-electron chi connectivity index (χ1n) is 14.8. The average Bonchev–Trinajstić information content (AvgIpc) is 3.55. The van der Waals surface area contributed by atoms with E-state index < -0.39 is 0 Å². The van der Waals surface area contributed by atoms with Crippen LogP contribution in [0.3, 0.4) is 0 Å². The molecule has 0 radical (unpaired) electrons. The summed E-state index contributed by atoms with van der Waals surface area (Å²) in [5, 5.41) is 15.1. The van der Waals surface area contributed by atoms with Gasteiger partial charge in [0.25, 0.3) is 11.8 Å². The van der Waals surface area contributed by atoms with E-state index in [0.29, 0.717) is 71.3 Å². The first kappa shape index (κ1) is 28.7. The van der Waals surface area contributed by atoms with Gasteiger partial charge >= 0.3 is 0 Å². The molecule has 1 N–H and O–H groups in total. The fourth-order valence-corrected chi connectivity index (χ4v) is 6.59. The predicted molar refractivity (Wildman–Crippen MR) is 172 cm³/mol. The Morgan fingerprint density at radius 3 is 2.51 bits per heavy atom. The average molecular weight is 622 g/mol. The molecule has 0 saturated carbocycles. The van der Waals surface area contributed by atoms with Crippen molar-refractivity contribution in [2.75, 3.05) is 18.1 Å². The van der Waals surface area contributed by atoms with Crippen molar-refractivity contribution in [1.82, 2.24) is 19.2 Å². The quantitative estimate of drug-likeness (QED) is 0.240. The van der Waals surface area contributed by atoms with Gasteiger partial charge in [0.2, 0.25) is 0 Å². The Labute approximate surface area is 265 Å². The minimum absolute atomic E-state index is 0.0947. The second-order valence-electron chi connectivity index (χ2n) is 11.5. The highest BCUT2D eigenvalue weighted by atomic mass is 35.5. The van der Waals surface area contributed by atoms with E-state index in [4.69, 9.17) is 16.3 Å². The predicted octanol–water partition coefficient (Wildman–Crippen LogP) is 6.20. The molecule has 3 aromatic carbocycles. The highest BCUT2D eigenvalue weighted by Gasteiger charge is 2.31. The van der Waals surface area contributed by atoms with Crippen molar-refractivity contribution >= 4 is 34.8 Å². The van der Waals surface area contributed by atoms with Crippen LogP contribution in [0.15, 0.2) is 72.9 Å². The number of carbonyl (C=O) groups excluding carboxylic acids is 2. The van der Waals surface area contributed by atoms with E-state index in [1.54, 1.807) is 58.2 Å². The summed E-state index contributed by atoms with van der Waals surface area (Å²) < 4.78 is 10.1. The minimum atomic E-state index is -0.274. The van der Waals surface area contributed by atoms with Crippen LogP contribution in [0.4, 0.5) is 11.4 Å². The molecule has 2 amide bonds. The SMILES string of the molecule is Cc1c2cc(n1C)-c1cc(Cl)ccc1C(=O)N1CCc3c(cccc3OCCc3c(cnn3C)N(c3ccc(O)cc3)C2=O)C1. The molecule has 3 aliphatic rings. The smallest absolute Gasteiger partial charge is 0.264 e. The van der Waals surface area contributed by atoms with Crippen LogP contribution in [0, 0.1) is 6.92 Å². The van der Waals surface area contributed by atoms with Crippen molar-refractivity contribution in [3.63, 3.8) is 0 Å². The second-order valence-corrected chi connectivity index (χ2v) is 11.9. The van der Waals surface area contributed by atoms with Crippen molar-refractivity contribution < 1.29 is 19.4 Å². The Hall–Kier alpha value is -5.02. The van der Waals surface area contributed by atoms with E-state index >= 15 is 0 Å². The molecule has 6 bridgehead atoms. The number of fused-ring (bicyclic) bond motifs is 4. The van der Waals surface area contributed by atoms with E-state index in [1.807, 2.05) is 48.7 Å². The number of anilines is 2. The third kappa shape index (κ3) is 4.93. The number of phenolic OH excluding ortho intramolecular Hbond substituents is 1. The normalized spacial score (nSPS) is 14.9. The molecule has 5 heterocycles. The lowest BCUT2D eigenvalue weighted by Crippen LogP contribution is -2.36. The van der Waals surface area contributed by atoms with E-state index in [9.17, 15) is 14.7 Å². The van der Waals surface area contributed by atoms with Gasteiger partial charge in [-0.15, -0.1) is 0 Å². The summed E-state index contributed by atoms with van der Waals surface area (Å²) in [7, 11) is 3.74. The van der Waals surface area contributed by atoms with E-state index in [2.05, 4.69) is 11.2 Å². The number of carbonyl (C=O) groups is 2. The number of phenols is 1. The van der Waals surface area contributed by atoms with Gasteiger partial charge in [0.1, 0.15) is 11.5 Å². The number of amides is 2. The maximum Gasteiger partial charge on any atom is 0.264 e. The number of nitrogens with zero attached hydrogens (tertiary/aromatic N) is 5. The maximum atomic E-state index is 14.6. The van der Waals surface area contributed by atoms with Gasteiger partial charge in [-0.2, -0.15) is 5.10 Å². The number of aryl methyl sites for hydroxylation is 1. The molecule has 0 unspecified atom stereocenters. The standard InChI is InChI=1S/C35H32ClN5O4/c1-21-28-18-31(38(21)2)29-17-23(36)7-12-27(29)34(43)40-15-13-26-22(20-40)5-4-6-33(26)45-16-14-30-32(19-37-39(30)3)41(35(28)44)24-8-10-25(42)11-9-24/h4-12,17-19,42H,13-16,20H2,1-3H3. The van der Waals surface area contributed by atoms with Gasteiger partial charge in [-0.1, -0.05) is 23.7 Å². The van der Waals surface area contributed by atoms with E-state index in [-0.39, 0.29) is 17.6 Å². The number of rotatable bonds is 1. The van der Waals surface area contributed by atoms with Gasteiger partial charge < -0.3 is 19.3 Å². The fourth-order valence-electron chi connectivity index (χ4n) is 6.42. The number of hydrogen-bond donors (Lipinski definition) is 1. The molecule has 5 aromatic rings. The molecular weight excluding hydrogens is 590 g/mol. The number of aromatic nitrogens is 3. The van der Waals surface area contributed by atoms with Crippen LogP contribution in [0.5, 0.6) is 11.5 Å². The highest BCUT2D eigenvalue weighted by Crippen LogP contribution is 2.37. The zero-order valence-corrected chi connectivity index (χ0v) is 26.0. The number of benzene rings is 3. The third-order valence-corrected chi connectivity index (χ3v) is 9.19. The Morgan fingerprint density at radius 1 is 0.911 bits per heavy atom.